The Labute approximate surface area is 66.9 Å². The molecular formula is C8H14N2O. The van der Waals surface area contributed by atoms with E-state index in [0.29, 0.717) is 6.04 Å². The van der Waals surface area contributed by atoms with Crippen molar-refractivity contribution in [3.05, 3.63) is 0 Å². The smallest absolute Gasteiger partial charge is 0.172 e. The summed E-state index contributed by atoms with van der Waals surface area (Å²) in [7, 11) is 0. The number of nitrogens with one attached hydrogen (secondary N) is 1. The topological polar surface area (TPSA) is 41.5 Å². The lowest BCUT2D eigenvalue weighted by Gasteiger charge is -2.05. The summed E-state index contributed by atoms with van der Waals surface area (Å²) in [5, 5.41) is 3.83. The lowest BCUT2D eigenvalue weighted by molar-refractivity contribution is -0.110. The van der Waals surface area contributed by atoms with E-state index in [1.54, 1.807) is 0 Å². The number of hydrazone groups is 1. The molecule has 0 atom stereocenters. The summed E-state index contributed by atoms with van der Waals surface area (Å²) in [4.78, 5) is 10.4. The largest absolute Gasteiger partial charge is 0.307 e. The first-order valence-electron chi connectivity index (χ1n) is 4.08. The number of rotatable bonds is 3. The van der Waals surface area contributed by atoms with Crippen molar-refractivity contribution < 1.29 is 4.79 Å². The van der Waals surface area contributed by atoms with Crippen LogP contribution in [0.5, 0.6) is 0 Å². The molecule has 3 nitrogen and oxygen atoms in total. The van der Waals surface area contributed by atoms with Crippen LogP contribution in [0.25, 0.3) is 0 Å². The van der Waals surface area contributed by atoms with Gasteiger partial charge >= 0.3 is 0 Å². The molecule has 0 aromatic carbocycles. The number of hydrogen-bond donors (Lipinski definition) is 1. The molecule has 1 aliphatic rings. The first-order chi connectivity index (χ1) is 5.29. The molecule has 0 bridgehead atoms. The molecule has 1 N–H and O–H groups in total. The van der Waals surface area contributed by atoms with Crippen molar-refractivity contribution in [1.82, 2.24) is 5.43 Å². The van der Waals surface area contributed by atoms with Gasteiger partial charge in [-0.3, -0.25) is 4.79 Å². The van der Waals surface area contributed by atoms with Gasteiger partial charge in [-0.1, -0.05) is 12.8 Å². The summed E-state index contributed by atoms with van der Waals surface area (Å²) in [6.07, 6.45) is 6.28. The normalized spacial score (nSPS) is 19.4. The van der Waals surface area contributed by atoms with E-state index < -0.39 is 0 Å². The van der Waals surface area contributed by atoms with Crippen LogP contribution in [-0.4, -0.2) is 18.0 Å². The molecule has 1 aliphatic carbocycles. The van der Waals surface area contributed by atoms with Gasteiger partial charge in [-0.25, -0.2) is 0 Å². The molecule has 0 aromatic heterocycles. The molecule has 0 heterocycles. The third kappa shape index (κ3) is 3.16. The van der Waals surface area contributed by atoms with E-state index in [4.69, 9.17) is 0 Å². The number of carbonyl (C=O) groups is 1. The van der Waals surface area contributed by atoms with Crippen molar-refractivity contribution in [1.29, 1.82) is 0 Å². The summed E-state index contributed by atoms with van der Waals surface area (Å²) in [5.41, 5.74) is 2.96. The first kappa shape index (κ1) is 8.24. The van der Waals surface area contributed by atoms with Gasteiger partial charge in [0.15, 0.2) is 5.78 Å². The van der Waals surface area contributed by atoms with Gasteiger partial charge in [0.25, 0.3) is 0 Å². The molecule has 3 heteroatoms. The van der Waals surface area contributed by atoms with Crippen LogP contribution >= 0.6 is 0 Å². The zero-order valence-electron chi connectivity index (χ0n) is 6.84. The minimum atomic E-state index is -0.00417. The molecule has 1 rings (SSSR count). The third-order valence-corrected chi connectivity index (χ3v) is 1.86. The zero-order chi connectivity index (χ0) is 8.10. The molecule has 0 spiro atoms. The van der Waals surface area contributed by atoms with E-state index in [2.05, 4.69) is 10.5 Å². The standard InChI is InChI=1S/C8H14N2O/c1-7(11)6-9-10-8-4-2-3-5-8/h6,8,10H,2-5H2,1H3. The molecule has 11 heavy (non-hydrogen) atoms. The van der Waals surface area contributed by atoms with Crippen molar-refractivity contribution in [2.45, 2.75) is 38.6 Å². The molecule has 0 unspecified atom stereocenters. The highest BCUT2D eigenvalue weighted by Crippen LogP contribution is 2.17. The number of ketones is 1. The van der Waals surface area contributed by atoms with E-state index in [1.165, 1.54) is 38.8 Å². The predicted octanol–water partition coefficient (Wildman–Crippen LogP) is 1.09. The minimum Gasteiger partial charge on any atom is -0.307 e. The van der Waals surface area contributed by atoms with Crippen LogP contribution in [0.15, 0.2) is 5.10 Å². The van der Waals surface area contributed by atoms with Gasteiger partial charge in [0.2, 0.25) is 0 Å². The fourth-order valence-corrected chi connectivity index (χ4v) is 1.29. The van der Waals surface area contributed by atoms with Gasteiger partial charge in [0, 0.05) is 13.0 Å². The maximum atomic E-state index is 10.4. The lowest BCUT2D eigenvalue weighted by Crippen LogP contribution is -2.20. The summed E-state index contributed by atoms with van der Waals surface area (Å²) in [6, 6.07) is 0.505. The molecule has 1 fully saturated rings. The number of carbonyl (C=O) groups excluding carboxylic acids is 1. The minimum absolute atomic E-state index is 0.00417. The molecule has 1 saturated carbocycles. The Hall–Kier alpha value is -0.860. The highest BCUT2D eigenvalue weighted by Gasteiger charge is 2.12. The summed E-state index contributed by atoms with van der Waals surface area (Å²) in [5.74, 6) is -0.00417. The van der Waals surface area contributed by atoms with Crippen LogP contribution in [0.4, 0.5) is 0 Å². The molecule has 0 amide bonds. The van der Waals surface area contributed by atoms with E-state index in [1.807, 2.05) is 0 Å². The van der Waals surface area contributed by atoms with Crippen LogP contribution < -0.4 is 5.43 Å². The lowest BCUT2D eigenvalue weighted by atomic mass is 10.3. The van der Waals surface area contributed by atoms with E-state index >= 15 is 0 Å². The Morgan fingerprint density at radius 3 is 2.73 bits per heavy atom. The Morgan fingerprint density at radius 2 is 2.18 bits per heavy atom. The average molecular weight is 154 g/mol. The quantitative estimate of drug-likeness (QED) is 0.488. The molecule has 0 saturated heterocycles. The van der Waals surface area contributed by atoms with E-state index in [9.17, 15) is 4.79 Å². The summed E-state index contributed by atoms with van der Waals surface area (Å²) < 4.78 is 0. The first-order valence-corrected chi connectivity index (χ1v) is 4.08. The second-order valence-electron chi connectivity index (χ2n) is 2.98. The predicted molar refractivity (Wildman–Crippen MR) is 44.6 cm³/mol. The van der Waals surface area contributed by atoms with Crippen molar-refractivity contribution >= 4 is 12.0 Å². The Morgan fingerprint density at radius 1 is 1.55 bits per heavy atom. The van der Waals surface area contributed by atoms with Crippen LogP contribution in [0.3, 0.4) is 0 Å². The fraction of sp³-hybridized carbons (Fsp3) is 0.750. The molecule has 62 valence electrons. The van der Waals surface area contributed by atoms with E-state index in [-0.39, 0.29) is 5.78 Å². The summed E-state index contributed by atoms with van der Waals surface area (Å²) in [6.45, 7) is 1.50. The number of nitrogens with zero attached hydrogens (tertiary/aromatic N) is 1. The SMILES string of the molecule is CC(=O)C=NNC1CCCC1. The second kappa shape index (κ2) is 4.11. The Bertz CT molecular complexity index is 159. The Kier molecular flexibility index (Phi) is 3.08. The number of hydrogen-bond acceptors (Lipinski definition) is 3. The number of Topliss-reactive ketones (excluding diaryl/α,β-unsaturated/α-hetero) is 1. The molecule has 0 aliphatic heterocycles. The van der Waals surface area contributed by atoms with Crippen molar-refractivity contribution in [2.75, 3.05) is 0 Å². The maximum absolute atomic E-state index is 10.4. The zero-order valence-corrected chi connectivity index (χ0v) is 6.84. The van der Waals surface area contributed by atoms with Gasteiger partial charge in [-0.05, 0) is 12.8 Å². The molecule has 0 radical (unpaired) electrons. The van der Waals surface area contributed by atoms with Gasteiger partial charge < -0.3 is 5.43 Å². The van der Waals surface area contributed by atoms with Gasteiger partial charge in [-0.2, -0.15) is 5.10 Å². The molecular weight excluding hydrogens is 140 g/mol. The fourth-order valence-electron chi connectivity index (χ4n) is 1.29. The highest BCUT2D eigenvalue weighted by atomic mass is 16.1. The van der Waals surface area contributed by atoms with Crippen LogP contribution in [0.1, 0.15) is 32.6 Å². The van der Waals surface area contributed by atoms with E-state index in [0.717, 1.165) is 0 Å². The van der Waals surface area contributed by atoms with Crippen molar-refractivity contribution in [3.8, 4) is 0 Å². The van der Waals surface area contributed by atoms with Gasteiger partial charge in [-0.15, -0.1) is 0 Å². The Balaban J connectivity index is 2.15. The van der Waals surface area contributed by atoms with Gasteiger partial charge in [0.1, 0.15) is 0 Å². The average Bonchev–Trinajstić information content (AvgIpc) is 2.39. The van der Waals surface area contributed by atoms with Crippen LogP contribution in [0.2, 0.25) is 0 Å². The van der Waals surface area contributed by atoms with Crippen LogP contribution in [0, 0.1) is 0 Å². The van der Waals surface area contributed by atoms with Crippen molar-refractivity contribution in [2.24, 2.45) is 5.10 Å². The van der Waals surface area contributed by atoms with Crippen molar-refractivity contribution in [3.63, 3.8) is 0 Å². The highest BCUT2D eigenvalue weighted by molar-refractivity contribution is 6.26. The van der Waals surface area contributed by atoms with Gasteiger partial charge in [0.05, 0.1) is 6.21 Å². The van der Waals surface area contributed by atoms with Crippen LogP contribution in [-0.2, 0) is 4.79 Å². The maximum Gasteiger partial charge on any atom is 0.172 e. The monoisotopic (exact) mass is 154 g/mol. The second-order valence-corrected chi connectivity index (χ2v) is 2.98. The summed E-state index contributed by atoms with van der Waals surface area (Å²) >= 11 is 0. The molecule has 0 aromatic rings. The third-order valence-electron chi connectivity index (χ3n) is 1.86.